The van der Waals surface area contributed by atoms with Crippen molar-refractivity contribution in [1.82, 2.24) is 10.2 Å². The van der Waals surface area contributed by atoms with Crippen LogP contribution in [-0.4, -0.2) is 50.3 Å². The summed E-state index contributed by atoms with van der Waals surface area (Å²) in [7, 11) is 1.84. The third-order valence-electron chi connectivity index (χ3n) is 3.65. The first-order valence-corrected chi connectivity index (χ1v) is 5.87. The number of rotatable bonds is 2. The minimum Gasteiger partial charge on any atom is -0.381 e. The molecule has 1 aliphatic heterocycles. The topological polar surface area (TPSA) is 24.5 Å². The third kappa shape index (κ3) is 2.47. The molecular weight excluding hydrogens is 176 g/mol. The quantitative estimate of drug-likeness (QED) is 0.712. The number of ether oxygens (including phenoxy) is 1. The zero-order valence-corrected chi connectivity index (χ0v) is 9.17. The van der Waals surface area contributed by atoms with Crippen LogP contribution < -0.4 is 5.32 Å². The molecule has 0 bridgehead atoms. The Labute approximate surface area is 86.8 Å². The van der Waals surface area contributed by atoms with Crippen molar-refractivity contribution in [2.75, 3.05) is 33.3 Å². The van der Waals surface area contributed by atoms with Crippen LogP contribution in [0.15, 0.2) is 0 Å². The Morgan fingerprint density at radius 1 is 1.07 bits per heavy atom. The third-order valence-corrected chi connectivity index (χ3v) is 3.65. The second kappa shape index (κ2) is 5.10. The van der Waals surface area contributed by atoms with Gasteiger partial charge >= 0.3 is 0 Å². The van der Waals surface area contributed by atoms with Gasteiger partial charge in [-0.15, -0.1) is 0 Å². The molecule has 1 saturated carbocycles. The molecular formula is C11H22N2O. The van der Waals surface area contributed by atoms with Gasteiger partial charge < -0.3 is 10.1 Å². The molecule has 0 aromatic heterocycles. The monoisotopic (exact) mass is 198 g/mol. The van der Waals surface area contributed by atoms with Gasteiger partial charge in [-0.05, 0) is 25.7 Å². The zero-order chi connectivity index (χ0) is 9.80. The highest BCUT2D eigenvalue weighted by atomic mass is 16.5. The fraction of sp³-hybridized carbons (Fsp3) is 1.00. The number of hydrogen-bond donors (Lipinski definition) is 1. The highest BCUT2D eigenvalue weighted by Gasteiger charge is 2.26. The van der Waals surface area contributed by atoms with Gasteiger partial charge in [0.25, 0.3) is 0 Å². The SMILES string of the molecule is COC1CCC(N2CCNCC2)CC1. The molecule has 2 aliphatic rings. The van der Waals surface area contributed by atoms with E-state index in [-0.39, 0.29) is 0 Å². The normalized spacial score (nSPS) is 35.8. The molecule has 1 N–H and O–H groups in total. The molecule has 3 heteroatoms. The van der Waals surface area contributed by atoms with Crippen LogP contribution >= 0.6 is 0 Å². The molecule has 0 radical (unpaired) electrons. The van der Waals surface area contributed by atoms with Crippen LogP contribution in [-0.2, 0) is 4.74 Å². The second-order valence-electron chi connectivity index (χ2n) is 4.45. The molecule has 0 spiro atoms. The molecule has 14 heavy (non-hydrogen) atoms. The van der Waals surface area contributed by atoms with Gasteiger partial charge in [0.1, 0.15) is 0 Å². The molecule has 82 valence electrons. The Morgan fingerprint density at radius 3 is 2.29 bits per heavy atom. The molecule has 0 aromatic rings. The van der Waals surface area contributed by atoms with Crippen molar-refractivity contribution in [3.8, 4) is 0 Å². The fourth-order valence-corrected chi connectivity index (χ4v) is 2.69. The van der Waals surface area contributed by atoms with Gasteiger partial charge in [-0.25, -0.2) is 0 Å². The van der Waals surface area contributed by atoms with Crippen molar-refractivity contribution in [3.05, 3.63) is 0 Å². The molecule has 0 aromatic carbocycles. The van der Waals surface area contributed by atoms with Gasteiger partial charge in [-0.2, -0.15) is 0 Å². The van der Waals surface area contributed by atoms with Crippen molar-refractivity contribution in [1.29, 1.82) is 0 Å². The molecule has 2 rings (SSSR count). The van der Waals surface area contributed by atoms with Crippen LogP contribution in [0.5, 0.6) is 0 Å². The van der Waals surface area contributed by atoms with Gasteiger partial charge in [0, 0.05) is 39.3 Å². The van der Waals surface area contributed by atoms with E-state index >= 15 is 0 Å². The molecule has 1 heterocycles. The van der Waals surface area contributed by atoms with Crippen LogP contribution in [0.3, 0.4) is 0 Å². The minimum atomic E-state index is 0.536. The van der Waals surface area contributed by atoms with E-state index in [2.05, 4.69) is 10.2 Å². The lowest BCUT2D eigenvalue weighted by Gasteiger charge is -2.38. The molecule has 2 fully saturated rings. The second-order valence-corrected chi connectivity index (χ2v) is 4.45. The van der Waals surface area contributed by atoms with Crippen molar-refractivity contribution in [2.24, 2.45) is 0 Å². The van der Waals surface area contributed by atoms with E-state index in [0.717, 1.165) is 6.04 Å². The van der Waals surface area contributed by atoms with E-state index in [9.17, 15) is 0 Å². The molecule has 0 unspecified atom stereocenters. The number of methoxy groups -OCH3 is 1. The first-order valence-electron chi connectivity index (χ1n) is 5.87. The van der Waals surface area contributed by atoms with Crippen LogP contribution in [0.1, 0.15) is 25.7 Å². The predicted molar refractivity (Wildman–Crippen MR) is 57.5 cm³/mol. The molecule has 0 atom stereocenters. The minimum absolute atomic E-state index is 0.536. The molecule has 1 aliphatic carbocycles. The summed E-state index contributed by atoms with van der Waals surface area (Å²) < 4.78 is 5.40. The maximum Gasteiger partial charge on any atom is 0.0572 e. The summed E-state index contributed by atoms with van der Waals surface area (Å²) in [4.78, 5) is 2.66. The number of nitrogens with zero attached hydrogens (tertiary/aromatic N) is 1. The lowest BCUT2D eigenvalue weighted by Crippen LogP contribution is -2.49. The standard InChI is InChI=1S/C11H22N2O/c1-14-11-4-2-10(3-5-11)13-8-6-12-7-9-13/h10-12H,2-9H2,1H3. The van der Waals surface area contributed by atoms with Crippen molar-refractivity contribution in [2.45, 2.75) is 37.8 Å². The molecule has 0 amide bonds. The highest BCUT2D eigenvalue weighted by molar-refractivity contribution is 4.82. The largest absolute Gasteiger partial charge is 0.381 e. The lowest BCUT2D eigenvalue weighted by atomic mass is 9.91. The maximum atomic E-state index is 5.40. The number of piperazine rings is 1. The Morgan fingerprint density at radius 2 is 1.71 bits per heavy atom. The van der Waals surface area contributed by atoms with Gasteiger partial charge in [0.15, 0.2) is 0 Å². The number of nitrogens with one attached hydrogen (secondary N) is 1. The van der Waals surface area contributed by atoms with Gasteiger partial charge in [0.05, 0.1) is 6.10 Å². The summed E-state index contributed by atoms with van der Waals surface area (Å²) in [6.45, 7) is 4.82. The lowest BCUT2D eigenvalue weighted by molar-refractivity contribution is 0.0355. The molecule has 1 saturated heterocycles. The Hall–Kier alpha value is -0.120. The predicted octanol–water partition coefficient (Wildman–Crippen LogP) is 0.849. The van der Waals surface area contributed by atoms with Gasteiger partial charge in [-0.3, -0.25) is 4.90 Å². The van der Waals surface area contributed by atoms with Crippen molar-refractivity contribution in [3.63, 3.8) is 0 Å². The maximum absolute atomic E-state index is 5.40. The smallest absolute Gasteiger partial charge is 0.0572 e. The van der Waals surface area contributed by atoms with E-state index in [1.807, 2.05) is 7.11 Å². The van der Waals surface area contributed by atoms with E-state index in [4.69, 9.17) is 4.74 Å². The Balaban J connectivity index is 1.76. The van der Waals surface area contributed by atoms with E-state index in [1.165, 1.54) is 51.9 Å². The summed E-state index contributed by atoms with van der Waals surface area (Å²) in [5, 5.41) is 3.41. The average molecular weight is 198 g/mol. The van der Waals surface area contributed by atoms with Crippen LogP contribution in [0.25, 0.3) is 0 Å². The molecule has 3 nitrogen and oxygen atoms in total. The average Bonchev–Trinajstić information content (AvgIpc) is 2.30. The number of hydrogen-bond acceptors (Lipinski definition) is 3. The summed E-state index contributed by atoms with van der Waals surface area (Å²) >= 11 is 0. The van der Waals surface area contributed by atoms with Gasteiger partial charge in [0.2, 0.25) is 0 Å². The zero-order valence-electron chi connectivity index (χ0n) is 9.17. The van der Waals surface area contributed by atoms with E-state index in [0.29, 0.717) is 6.10 Å². The van der Waals surface area contributed by atoms with Crippen molar-refractivity contribution >= 4 is 0 Å². The summed E-state index contributed by atoms with van der Waals surface area (Å²) in [5.74, 6) is 0. The first kappa shape index (κ1) is 10.4. The Kier molecular flexibility index (Phi) is 3.79. The Bertz CT molecular complexity index is 161. The summed E-state index contributed by atoms with van der Waals surface area (Å²) in [5.41, 5.74) is 0. The van der Waals surface area contributed by atoms with Crippen LogP contribution in [0.4, 0.5) is 0 Å². The van der Waals surface area contributed by atoms with Gasteiger partial charge in [-0.1, -0.05) is 0 Å². The van der Waals surface area contributed by atoms with E-state index < -0.39 is 0 Å². The fourth-order valence-electron chi connectivity index (χ4n) is 2.69. The summed E-state index contributed by atoms with van der Waals surface area (Å²) in [6.07, 6.45) is 5.71. The van der Waals surface area contributed by atoms with Crippen molar-refractivity contribution < 1.29 is 4.74 Å². The highest BCUT2D eigenvalue weighted by Crippen LogP contribution is 2.24. The van der Waals surface area contributed by atoms with E-state index in [1.54, 1.807) is 0 Å². The van der Waals surface area contributed by atoms with Crippen LogP contribution in [0, 0.1) is 0 Å². The first-order chi connectivity index (χ1) is 6.90. The summed E-state index contributed by atoms with van der Waals surface area (Å²) in [6, 6.07) is 0.837. The van der Waals surface area contributed by atoms with Crippen LogP contribution in [0.2, 0.25) is 0 Å².